The van der Waals surface area contributed by atoms with Crippen molar-refractivity contribution in [3.8, 4) is 5.75 Å². The average Bonchev–Trinajstić information content (AvgIpc) is 2.37. The summed E-state index contributed by atoms with van der Waals surface area (Å²) in [6, 6.07) is 8.44. The van der Waals surface area contributed by atoms with Crippen LogP contribution >= 0.6 is 0 Å². The van der Waals surface area contributed by atoms with E-state index in [0.29, 0.717) is 6.10 Å². The minimum Gasteiger partial charge on any atom is -0.489 e. The van der Waals surface area contributed by atoms with Crippen LogP contribution in [0.3, 0.4) is 0 Å². The summed E-state index contributed by atoms with van der Waals surface area (Å²) in [4.78, 5) is 2.34. The molecule has 1 heterocycles. The van der Waals surface area contributed by atoms with E-state index in [1.165, 1.54) is 18.5 Å². The standard InChI is InChI=1S/C15H24N2O/c1-17-10-4-8-15(12-17)18-14-7-2-5-13(11-14)6-3-9-16/h2,5,7,11,15H,3-4,6,8-10,12,16H2,1H3. The first kappa shape index (κ1) is 13.4. The van der Waals surface area contributed by atoms with Gasteiger partial charge < -0.3 is 15.4 Å². The first-order chi connectivity index (χ1) is 8.78. The molecule has 0 saturated carbocycles. The molecule has 0 radical (unpaired) electrons. The predicted molar refractivity (Wildman–Crippen MR) is 75.0 cm³/mol. The molecule has 1 aromatic carbocycles. The number of aryl methyl sites for hydroxylation is 1. The fourth-order valence-electron chi connectivity index (χ4n) is 2.49. The fraction of sp³-hybridized carbons (Fsp3) is 0.600. The number of likely N-dealkylation sites (N-methyl/N-ethyl adjacent to an activating group) is 1. The maximum absolute atomic E-state index is 6.07. The first-order valence-corrected chi connectivity index (χ1v) is 6.92. The van der Waals surface area contributed by atoms with Crippen molar-refractivity contribution in [3.63, 3.8) is 0 Å². The lowest BCUT2D eigenvalue weighted by molar-refractivity contribution is 0.104. The van der Waals surface area contributed by atoms with Crippen LogP contribution in [0.5, 0.6) is 5.75 Å². The van der Waals surface area contributed by atoms with Crippen LogP contribution in [0, 0.1) is 0 Å². The smallest absolute Gasteiger partial charge is 0.120 e. The molecule has 0 bridgehead atoms. The van der Waals surface area contributed by atoms with Gasteiger partial charge in [-0.3, -0.25) is 0 Å². The molecule has 1 aliphatic heterocycles. The molecule has 0 spiro atoms. The van der Waals surface area contributed by atoms with Crippen molar-refractivity contribution in [2.45, 2.75) is 31.8 Å². The molecule has 2 rings (SSSR count). The van der Waals surface area contributed by atoms with Crippen LogP contribution in [0.25, 0.3) is 0 Å². The van der Waals surface area contributed by atoms with Crippen molar-refractivity contribution >= 4 is 0 Å². The molecular formula is C15H24N2O. The average molecular weight is 248 g/mol. The van der Waals surface area contributed by atoms with E-state index < -0.39 is 0 Å². The summed E-state index contributed by atoms with van der Waals surface area (Å²) in [5.74, 6) is 1.00. The Morgan fingerprint density at radius 1 is 1.44 bits per heavy atom. The van der Waals surface area contributed by atoms with E-state index in [9.17, 15) is 0 Å². The molecule has 2 N–H and O–H groups in total. The number of likely N-dealkylation sites (tertiary alicyclic amines) is 1. The van der Waals surface area contributed by atoms with E-state index in [4.69, 9.17) is 10.5 Å². The molecule has 1 aliphatic rings. The van der Waals surface area contributed by atoms with Gasteiger partial charge in [-0.15, -0.1) is 0 Å². The van der Waals surface area contributed by atoms with Gasteiger partial charge in [-0.05, 0) is 63.5 Å². The third-order valence-corrected chi connectivity index (χ3v) is 3.45. The summed E-state index contributed by atoms with van der Waals surface area (Å²) < 4.78 is 6.07. The van der Waals surface area contributed by atoms with Gasteiger partial charge in [-0.2, -0.15) is 0 Å². The molecule has 0 aliphatic carbocycles. The topological polar surface area (TPSA) is 38.5 Å². The summed E-state index contributed by atoms with van der Waals surface area (Å²) in [7, 11) is 2.16. The van der Waals surface area contributed by atoms with E-state index in [1.807, 2.05) is 0 Å². The molecule has 0 aromatic heterocycles. The van der Waals surface area contributed by atoms with Crippen molar-refractivity contribution in [2.24, 2.45) is 5.73 Å². The largest absolute Gasteiger partial charge is 0.489 e. The van der Waals surface area contributed by atoms with Crippen LogP contribution in [0.4, 0.5) is 0 Å². The minimum atomic E-state index is 0.341. The summed E-state index contributed by atoms with van der Waals surface area (Å²) in [5.41, 5.74) is 6.86. The van der Waals surface area contributed by atoms with Gasteiger partial charge in [0.05, 0.1) is 0 Å². The van der Waals surface area contributed by atoms with Crippen LogP contribution in [0.15, 0.2) is 24.3 Å². The summed E-state index contributed by atoms with van der Waals surface area (Å²) in [5, 5.41) is 0. The Kier molecular flexibility index (Phi) is 5.02. The zero-order valence-electron chi connectivity index (χ0n) is 11.3. The van der Waals surface area contributed by atoms with Gasteiger partial charge in [-0.1, -0.05) is 12.1 Å². The molecule has 1 fully saturated rings. The van der Waals surface area contributed by atoms with E-state index in [-0.39, 0.29) is 0 Å². The van der Waals surface area contributed by atoms with E-state index >= 15 is 0 Å². The molecule has 0 amide bonds. The molecule has 1 unspecified atom stereocenters. The van der Waals surface area contributed by atoms with Gasteiger partial charge in [0.15, 0.2) is 0 Å². The highest BCUT2D eigenvalue weighted by Crippen LogP contribution is 2.19. The van der Waals surface area contributed by atoms with Gasteiger partial charge in [0, 0.05) is 6.54 Å². The quantitative estimate of drug-likeness (QED) is 0.866. The Bertz CT molecular complexity index is 367. The highest BCUT2D eigenvalue weighted by molar-refractivity contribution is 5.28. The summed E-state index contributed by atoms with van der Waals surface area (Å²) in [6.07, 6.45) is 4.81. The van der Waals surface area contributed by atoms with Crippen molar-refractivity contribution in [1.29, 1.82) is 0 Å². The fourth-order valence-corrected chi connectivity index (χ4v) is 2.49. The molecule has 18 heavy (non-hydrogen) atoms. The number of nitrogens with zero attached hydrogens (tertiary/aromatic N) is 1. The lowest BCUT2D eigenvalue weighted by atomic mass is 10.1. The molecule has 3 nitrogen and oxygen atoms in total. The SMILES string of the molecule is CN1CCCC(Oc2cccc(CCCN)c2)C1. The normalized spacial score (nSPS) is 20.9. The van der Waals surface area contributed by atoms with Crippen LogP contribution in [-0.4, -0.2) is 37.7 Å². The lowest BCUT2D eigenvalue weighted by Gasteiger charge is -2.30. The van der Waals surface area contributed by atoms with Gasteiger partial charge in [-0.25, -0.2) is 0 Å². The van der Waals surface area contributed by atoms with Gasteiger partial charge in [0.25, 0.3) is 0 Å². The molecule has 1 aromatic rings. The monoisotopic (exact) mass is 248 g/mol. The predicted octanol–water partition coefficient (Wildman–Crippen LogP) is 2.05. The number of nitrogens with two attached hydrogens (primary N) is 1. The van der Waals surface area contributed by atoms with Crippen molar-refractivity contribution in [3.05, 3.63) is 29.8 Å². The molecule has 3 heteroatoms. The van der Waals surface area contributed by atoms with Crippen molar-refractivity contribution in [2.75, 3.05) is 26.7 Å². The lowest BCUT2D eigenvalue weighted by Crippen LogP contribution is -2.38. The highest BCUT2D eigenvalue weighted by atomic mass is 16.5. The third-order valence-electron chi connectivity index (χ3n) is 3.45. The van der Waals surface area contributed by atoms with Gasteiger partial charge in [0.2, 0.25) is 0 Å². The van der Waals surface area contributed by atoms with Crippen LogP contribution in [0.2, 0.25) is 0 Å². The van der Waals surface area contributed by atoms with Crippen molar-refractivity contribution in [1.82, 2.24) is 4.90 Å². The van der Waals surface area contributed by atoms with Gasteiger partial charge >= 0.3 is 0 Å². The Morgan fingerprint density at radius 3 is 3.11 bits per heavy atom. The Balaban J connectivity index is 1.91. The Morgan fingerprint density at radius 2 is 2.33 bits per heavy atom. The minimum absolute atomic E-state index is 0.341. The second kappa shape index (κ2) is 6.76. The maximum atomic E-state index is 6.07. The first-order valence-electron chi connectivity index (χ1n) is 6.92. The molecule has 1 atom stereocenters. The maximum Gasteiger partial charge on any atom is 0.120 e. The van der Waals surface area contributed by atoms with Crippen molar-refractivity contribution < 1.29 is 4.74 Å². The number of piperidine rings is 1. The van der Waals surface area contributed by atoms with E-state index in [2.05, 4.69) is 36.2 Å². The molecule has 1 saturated heterocycles. The number of rotatable bonds is 5. The second-order valence-electron chi connectivity index (χ2n) is 5.18. The number of ether oxygens (including phenoxy) is 1. The van der Waals surface area contributed by atoms with E-state index in [1.54, 1.807) is 0 Å². The van der Waals surface area contributed by atoms with E-state index in [0.717, 1.165) is 38.1 Å². The Labute approximate surface area is 110 Å². The number of benzene rings is 1. The summed E-state index contributed by atoms with van der Waals surface area (Å²) in [6.45, 7) is 2.97. The zero-order chi connectivity index (χ0) is 12.8. The molecular weight excluding hydrogens is 224 g/mol. The van der Waals surface area contributed by atoms with Crippen LogP contribution < -0.4 is 10.5 Å². The highest BCUT2D eigenvalue weighted by Gasteiger charge is 2.18. The summed E-state index contributed by atoms with van der Waals surface area (Å²) >= 11 is 0. The van der Waals surface area contributed by atoms with Gasteiger partial charge in [0.1, 0.15) is 11.9 Å². The zero-order valence-corrected chi connectivity index (χ0v) is 11.3. The van der Waals surface area contributed by atoms with Crippen LogP contribution in [-0.2, 0) is 6.42 Å². The van der Waals surface area contributed by atoms with Crippen LogP contribution in [0.1, 0.15) is 24.8 Å². The number of hydrogen-bond donors (Lipinski definition) is 1. The number of hydrogen-bond acceptors (Lipinski definition) is 3. The third kappa shape index (κ3) is 4.00. The Hall–Kier alpha value is -1.06. The molecule has 100 valence electrons. The second-order valence-corrected chi connectivity index (χ2v) is 5.18.